The number of tetrazole rings is 1. The molecule has 3 unspecified atom stereocenters. The van der Waals surface area contributed by atoms with Crippen LogP contribution in [0.2, 0.25) is 0 Å². The van der Waals surface area contributed by atoms with E-state index in [2.05, 4.69) is 35.7 Å². The number of benzene rings is 2. The molecule has 0 spiro atoms. The normalized spacial score (nSPS) is 19.0. The Morgan fingerprint density at radius 3 is 2.52 bits per heavy atom. The summed E-state index contributed by atoms with van der Waals surface area (Å²) in [5.74, 6) is -0.0186. The Morgan fingerprint density at radius 1 is 1.02 bits per heavy atom. The molecule has 3 aromatic heterocycles. The third kappa shape index (κ3) is 5.06. The van der Waals surface area contributed by atoms with Crippen LogP contribution in [-0.2, 0) is 4.79 Å². The lowest BCUT2D eigenvalue weighted by Gasteiger charge is -2.43. The smallest absolute Gasteiger partial charge is 0.336 e. The molecule has 2 amide bonds. The van der Waals surface area contributed by atoms with E-state index in [-0.39, 0.29) is 35.4 Å². The molecule has 1 N–H and O–H groups in total. The van der Waals surface area contributed by atoms with Gasteiger partial charge in [0, 0.05) is 49.5 Å². The van der Waals surface area contributed by atoms with E-state index >= 15 is 0 Å². The van der Waals surface area contributed by atoms with Crippen LogP contribution in [0.15, 0.2) is 71.3 Å². The first kappa shape index (κ1) is 27.7. The number of fused-ring (bicyclic) bond motifs is 3. The molecule has 2 aliphatic rings. The number of pyridine rings is 1. The van der Waals surface area contributed by atoms with Crippen LogP contribution < -0.4 is 5.32 Å². The molecule has 2 bridgehead atoms. The maximum Gasteiger partial charge on any atom is 0.336 e. The van der Waals surface area contributed by atoms with Gasteiger partial charge >= 0.3 is 6.55 Å². The third-order valence-corrected chi connectivity index (χ3v) is 8.11. The number of alkyl halides is 2. The van der Waals surface area contributed by atoms with Crippen molar-refractivity contribution in [1.82, 2.24) is 40.0 Å². The lowest BCUT2D eigenvalue weighted by Crippen LogP contribution is -2.56. The van der Waals surface area contributed by atoms with Crippen LogP contribution in [0.25, 0.3) is 22.6 Å². The minimum absolute atomic E-state index is 0.0577. The highest BCUT2D eigenvalue weighted by Crippen LogP contribution is 2.38. The Kier molecular flexibility index (Phi) is 7.04. The quantitative estimate of drug-likeness (QED) is 0.290. The van der Waals surface area contributed by atoms with Gasteiger partial charge in [0.25, 0.3) is 5.91 Å². The number of nitrogens with zero attached hydrogens (tertiary/aromatic N) is 8. The van der Waals surface area contributed by atoms with Crippen molar-refractivity contribution in [1.29, 1.82) is 0 Å². The molecule has 224 valence electrons. The topological polar surface area (TPSA) is 135 Å². The van der Waals surface area contributed by atoms with Crippen molar-refractivity contribution in [2.45, 2.75) is 44.4 Å². The number of halogens is 2. The first-order valence-corrected chi connectivity index (χ1v) is 14.2. The molecule has 12 nitrogen and oxygen atoms in total. The number of hydrogen-bond acceptors (Lipinski definition) is 9. The Labute approximate surface area is 249 Å². The van der Waals surface area contributed by atoms with Crippen LogP contribution in [0.5, 0.6) is 0 Å². The SMILES string of the molecule is CC(=O)Nc1ccc2oc(-c3ccnc(C(=O)N4C5CCC4CN(C(c4ccccc4)c4nnnn4C(F)F)C5)c3)nc2c1. The fourth-order valence-electron chi connectivity index (χ4n) is 6.30. The van der Waals surface area contributed by atoms with Gasteiger partial charge in [-0.25, -0.2) is 4.98 Å². The van der Waals surface area contributed by atoms with Gasteiger partial charge in [-0.2, -0.15) is 13.5 Å². The molecule has 44 heavy (non-hydrogen) atoms. The highest BCUT2D eigenvalue weighted by molar-refractivity contribution is 5.94. The van der Waals surface area contributed by atoms with Crippen molar-refractivity contribution in [2.24, 2.45) is 0 Å². The lowest BCUT2D eigenvalue weighted by molar-refractivity contribution is -0.114. The van der Waals surface area contributed by atoms with E-state index < -0.39 is 12.6 Å². The molecule has 2 aromatic carbocycles. The van der Waals surface area contributed by atoms with Crippen molar-refractivity contribution in [2.75, 3.05) is 18.4 Å². The average molecular weight is 600 g/mol. The number of amides is 2. The van der Waals surface area contributed by atoms with Crippen LogP contribution in [-0.4, -0.2) is 77.0 Å². The minimum atomic E-state index is -2.88. The molecule has 5 aromatic rings. The molecule has 0 saturated carbocycles. The second-order valence-electron chi connectivity index (χ2n) is 10.9. The summed E-state index contributed by atoms with van der Waals surface area (Å²) in [5.41, 5.74) is 3.35. The second kappa shape index (κ2) is 11.2. The van der Waals surface area contributed by atoms with E-state index in [1.807, 2.05) is 35.2 Å². The molecule has 2 saturated heterocycles. The molecule has 14 heteroatoms. The van der Waals surface area contributed by atoms with Crippen molar-refractivity contribution in [3.8, 4) is 11.5 Å². The first-order valence-electron chi connectivity index (χ1n) is 14.2. The molecule has 0 aliphatic carbocycles. The summed E-state index contributed by atoms with van der Waals surface area (Å²) in [4.78, 5) is 38.2. The highest BCUT2D eigenvalue weighted by Gasteiger charge is 2.46. The van der Waals surface area contributed by atoms with Gasteiger partial charge in [-0.05, 0) is 59.2 Å². The zero-order chi connectivity index (χ0) is 30.4. The number of carbonyl (C=O) groups is 2. The number of piperazine rings is 1. The fraction of sp³-hybridized carbons (Fsp3) is 0.300. The van der Waals surface area contributed by atoms with E-state index in [0.717, 1.165) is 18.4 Å². The van der Waals surface area contributed by atoms with Gasteiger partial charge in [0.15, 0.2) is 11.4 Å². The van der Waals surface area contributed by atoms with Crippen LogP contribution >= 0.6 is 0 Å². The average Bonchev–Trinajstić information content (AvgIpc) is 3.73. The molecule has 5 heterocycles. The van der Waals surface area contributed by atoms with Gasteiger partial charge in [0.1, 0.15) is 11.2 Å². The number of aromatic nitrogens is 6. The summed E-state index contributed by atoms with van der Waals surface area (Å²) in [6.45, 7) is -0.539. The van der Waals surface area contributed by atoms with E-state index in [1.54, 1.807) is 36.5 Å². The Hall–Kier alpha value is -5.11. The van der Waals surface area contributed by atoms with E-state index in [4.69, 9.17) is 4.42 Å². The predicted molar refractivity (Wildman–Crippen MR) is 153 cm³/mol. The number of oxazole rings is 1. The van der Waals surface area contributed by atoms with Crippen molar-refractivity contribution in [3.05, 3.63) is 83.9 Å². The number of carbonyl (C=O) groups excluding carboxylic acids is 2. The number of nitrogens with one attached hydrogen (secondary N) is 1. The highest BCUT2D eigenvalue weighted by atomic mass is 19.3. The van der Waals surface area contributed by atoms with E-state index in [9.17, 15) is 18.4 Å². The molecule has 0 radical (unpaired) electrons. The largest absolute Gasteiger partial charge is 0.436 e. The summed E-state index contributed by atoms with van der Waals surface area (Å²) in [7, 11) is 0. The van der Waals surface area contributed by atoms with E-state index in [1.165, 1.54) is 6.92 Å². The van der Waals surface area contributed by atoms with Crippen LogP contribution in [0.3, 0.4) is 0 Å². The number of likely N-dealkylation sites (tertiary alicyclic amines) is 1. The van der Waals surface area contributed by atoms with Crippen molar-refractivity contribution in [3.63, 3.8) is 0 Å². The Morgan fingerprint density at radius 2 is 1.80 bits per heavy atom. The number of rotatable bonds is 7. The van der Waals surface area contributed by atoms with Crippen molar-refractivity contribution >= 4 is 28.6 Å². The number of hydrogen-bond donors (Lipinski definition) is 1. The third-order valence-electron chi connectivity index (χ3n) is 8.11. The summed E-state index contributed by atoms with van der Waals surface area (Å²) < 4.78 is 34.1. The van der Waals surface area contributed by atoms with E-state index in [0.29, 0.717) is 46.0 Å². The summed E-state index contributed by atoms with van der Waals surface area (Å²) in [6.07, 6.45) is 3.10. The first-order chi connectivity index (χ1) is 21.4. The van der Waals surface area contributed by atoms with Gasteiger partial charge in [-0.3, -0.25) is 19.5 Å². The summed E-state index contributed by atoms with van der Waals surface area (Å²) in [6, 6.07) is 17.0. The maximum atomic E-state index is 13.9. The zero-order valence-corrected chi connectivity index (χ0v) is 23.5. The molecule has 7 rings (SSSR count). The molecular formula is C30H27F2N9O3. The molecular weight excluding hydrogens is 572 g/mol. The van der Waals surface area contributed by atoms with Gasteiger partial charge in [-0.1, -0.05) is 30.3 Å². The van der Waals surface area contributed by atoms with Crippen LogP contribution in [0, 0.1) is 0 Å². The van der Waals surface area contributed by atoms with Crippen molar-refractivity contribution < 1.29 is 22.8 Å². The van der Waals surface area contributed by atoms with Gasteiger partial charge in [0.2, 0.25) is 11.8 Å². The Balaban J connectivity index is 1.14. The Bertz CT molecular complexity index is 1830. The molecule has 3 atom stereocenters. The summed E-state index contributed by atoms with van der Waals surface area (Å²) >= 11 is 0. The maximum absolute atomic E-state index is 13.9. The van der Waals surface area contributed by atoms with Gasteiger partial charge in [0.05, 0.1) is 6.04 Å². The standard InChI is InChI=1S/C30H27F2N9O3/c1-17(42)34-20-7-10-25-23(14-20)35-28(44-25)19-11-12-33-24(13-19)29(43)40-21-8-9-22(40)16-39(15-21)26(18-5-3-2-4-6-18)27-36-37-38-41(27)30(31)32/h2-7,10-14,21-22,26,30H,8-9,15-16H2,1H3,(H,34,42). The fourth-order valence-corrected chi connectivity index (χ4v) is 6.30. The van der Waals surface area contributed by atoms with Crippen LogP contribution in [0.1, 0.15) is 54.2 Å². The minimum Gasteiger partial charge on any atom is -0.436 e. The van der Waals surface area contributed by atoms with Crippen LogP contribution in [0.4, 0.5) is 14.5 Å². The molecule has 2 aliphatic heterocycles. The molecule has 2 fully saturated rings. The lowest BCUT2D eigenvalue weighted by atomic mass is 10.0. The zero-order valence-electron chi connectivity index (χ0n) is 23.5. The summed E-state index contributed by atoms with van der Waals surface area (Å²) in [5, 5.41) is 13.8. The predicted octanol–water partition coefficient (Wildman–Crippen LogP) is 4.31. The van der Waals surface area contributed by atoms with Gasteiger partial charge < -0.3 is 14.6 Å². The second-order valence-corrected chi connectivity index (χ2v) is 10.9. The van der Waals surface area contributed by atoms with Gasteiger partial charge in [-0.15, -0.1) is 5.10 Å². The number of anilines is 1. The monoisotopic (exact) mass is 599 g/mol.